The average Bonchev–Trinajstić information content (AvgIpc) is 2.58. The van der Waals surface area contributed by atoms with Gasteiger partial charge < -0.3 is 5.73 Å². The summed E-state index contributed by atoms with van der Waals surface area (Å²) >= 11 is 0. The molecule has 0 saturated heterocycles. The third-order valence-corrected chi connectivity index (χ3v) is 3.37. The molecule has 17 heavy (non-hydrogen) atoms. The van der Waals surface area contributed by atoms with Gasteiger partial charge in [0.05, 0.1) is 0 Å². The highest BCUT2D eigenvalue weighted by atomic mass is 16.1. The Morgan fingerprint density at radius 1 is 1.53 bits per heavy atom. The molecule has 0 aliphatic heterocycles. The number of hydrogen-bond acceptors (Lipinski definition) is 4. The molecule has 3 N–H and O–H groups in total. The quantitative estimate of drug-likeness (QED) is 0.772. The first-order chi connectivity index (χ1) is 8.06. The third-order valence-electron chi connectivity index (χ3n) is 3.37. The van der Waals surface area contributed by atoms with E-state index < -0.39 is 0 Å². The van der Waals surface area contributed by atoms with Crippen LogP contribution in [-0.2, 0) is 6.42 Å². The average molecular weight is 233 g/mol. The normalized spacial score (nSPS) is 18.2. The predicted molar refractivity (Wildman–Crippen MR) is 62.8 cm³/mol. The van der Waals surface area contributed by atoms with Crippen LogP contribution in [0, 0.1) is 6.92 Å². The van der Waals surface area contributed by atoms with Gasteiger partial charge in [-0.25, -0.2) is 4.98 Å². The van der Waals surface area contributed by atoms with Crippen molar-refractivity contribution in [3.05, 3.63) is 27.9 Å². The molecule has 2 aromatic heterocycles. The van der Waals surface area contributed by atoms with Crippen LogP contribution in [-0.4, -0.2) is 25.1 Å². The van der Waals surface area contributed by atoms with E-state index in [1.807, 2.05) is 0 Å². The lowest BCUT2D eigenvalue weighted by Gasteiger charge is -2.37. The summed E-state index contributed by atoms with van der Waals surface area (Å²) in [5, 5.41) is 2.97. The number of hydrogen-bond donors (Lipinski definition) is 2. The molecule has 3 rings (SSSR count). The van der Waals surface area contributed by atoms with Crippen LogP contribution in [0.15, 0.2) is 10.9 Å². The molecule has 0 amide bonds. The molecule has 6 nitrogen and oxygen atoms in total. The Morgan fingerprint density at radius 2 is 2.29 bits per heavy atom. The Kier molecular flexibility index (Phi) is 2.09. The van der Waals surface area contributed by atoms with Gasteiger partial charge in [-0.2, -0.15) is 9.50 Å². The summed E-state index contributed by atoms with van der Waals surface area (Å²) in [7, 11) is 0. The molecule has 0 spiro atoms. The van der Waals surface area contributed by atoms with Crippen molar-refractivity contribution in [3.8, 4) is 0 Å². The maximum Gasteiger partial charge on any atom is 0.274 e. The minimum atomic E-state index is -0.146. The van der Waals surface area contributed by atoms with E-state index in [-0.39, 0.29) is 11.1 Å². The van der Waals surface area contributed by atoms with E-state index >= 15 is 0 Å². The van der Waals surface area contributed by atoms with E-state index in [1.165, 1.54) is 17.0 Å². The minimum absolute atomic E-state index is 0.133. The lowest BCUT2D eigenvalue weighted by Crippen LogP contribution is -2.48. The van der Waals surface area contributed by atoms with Crippen molar-refractivity contribution in [1.29, 1.82) is 0 Å². The molecule has 0 radical (unpaired) electrons. The largest absolute Gasteiger partial charge is 0.325 e. The molecule has 0 atom stereocenters. The van der Waals surface area contributed by atoms with Crippen molar-refractivity contribution in [2.45, 2.75) is 38.1 Å². The number of rotatable bonds is 2. The Bertz CT molecular complexity index is 622. The summed E-state index contributed by atoms with van der Waals surface area (Å²) in [5.41, 5.74) is 6.56. The van der Waals surface area contributed by atoms with Gasteiger partial charge in [0.25, 0.3) is 11.3 Å². The first-order valence-electron chi connectivity index (χ1n) is 5.80. The van der Waals surface area contributed by atoms with Crippen LogP contribution in [0.5, 0.6) is 0 Å². The van der Waals surface area contributed by atoms with Crippen molar-refractivity contribution in [1.82, 2.24) is 19.6 Å². The number of nitrogens with one attached hydrogen (secondary N) is 1. The van der Waals surface area contributed by atoms with E-state index in [0.717, 1.165) is 18.7 Å². The fourth-order valence-corrected chi connectivity index (χ4v) is 2.26. The standard InChI is InChI=1S/C11H15N5O/c1-7-5-9(17)16-10(13-7)14-8(15-16)6-11(12)3-2-4-11/h5H,2-4,6,12H2,1H3,(H,13,14,15). The van der Waals surface area contributed by atoms with Crippen molar-refractivity contribution < 1.29 is 0 Å². The van der Waals surface area contributed by atoms with Crippen molar-refractivity contribution in [2.75, 3.05) is 0 Å². The molecule has 2 heterocycles. The second-order valence-corrected chi connectivity index (χ2v) is 4.93. The van der Waals surface area contributed by atoms with Crippen molar-refractivity contribution in [2.24, 2.45) is 5.73 Å². The molecule has 90 valence electrons. The summed E-state index contributed by atoms with van der Waals surface area (Å²) in [5.74, 6) is 1.16. The topological polar surface area (TPSA) is 89.1 Å². The van der Waals surface area contributed by atoms with Gasteiger partial charge >= 0.3 is 0 Å². The number of H-pyrrole nitrogens is 1. The molecule has 1 aliphatic rings. The van der Waals surface area contributed by atoms with Gasteiger partial charge in [-0.3, -0.25) is 9.89 Å². The highest BCUT2D eigenvalue weighted by molar-refractivity contribution is 5.28. The second-order valence-electron chi connectivity index (χ2n) is 4.93. The Labute approximate surface area is 97.9 Å². The molecular formula is C11H15N5O. The molecule has 0 bridgehead atoms. The maximum atomic E-state index is 11.7. The molecule has 1 aliphatic carbocycles. The van der Waals surface area contributed by atoms with Gasteiger partial charge in [-0.1, -0.05) is 0 Å². The summed E-state index contributed by atoms with van der Waals surface area (Å²) < 4.78 is 1.37. The van der Waals surface area contributed by atoms with Gasteiger partial charge in [0.15, 0.2) is 0 Å². The van der Waals surface area contributed by atoms with Gasteiger partial charge in [-0.05, 0) is 26.2 Å². The molecule has 0 unspecified atom stereocenters. The molecule has 6 heteroatoms. The SMILES string of the molecule is Cc1cc(=O)n2[nH]c(CC3(N)CCC3)nc2n1. The molecular weight excluding hydrogens is 218 g/mol. The number of aromatic amines is 1. The van der Waals surface area contributed by atoms with Crippen molar-refractivity contribution >= 4 is 5.78 Å². The Balaban J connectivity index is 2.02. The van der Waals surface area contributed by atoms with Crippen LogP contribution < -0.4 is 11.3 Å². The first-order valence-corrected chi connectivity index (χ1v) is 5.80. The number of nitrogens with zero attached hydrogens (tertiary/aromatic N) is 3. The van der Waals surface area contributed by atoms with Gasteiger partial charge in [-0.15, -0.1) is 0 Å². The van der Waals surface area contributed by atoms with E-state index in [0.29, 0.717) is 17.9 Å². The number of fused-ring (bicyclic) bond motifs is 1. The molecule has 2 aromatic rings. The smallest absolute Gasteiger partial charge is 0.274 e. The van der Waals surface area contributed by atoms with Crippen LogP contribution in [0.4, 0.5) is 0 Å². The van der Waals surface area contributed by atoms with Gasteiger partial charge in [0.1, 0.15) is 5.82 Å². The minimum Gasteiger partial charge on any atom is -0.325 e. The third kappa shape index (κ3) is 1.74. The zero-order chi connectivity index (χ0) is 12.0. The highest BCUT2D eigenvalue weighted by Crippen LogP contribution is 2.31. The zero-order valence-electron chi connectivity index (χ0n) is 9.73. The maximum absolute atomic E-state index is 11.7. The Hall–Kier alpha value is -1.69. The summed E-state index contributed by atoms with van der Waals surface area (Å²) in [6, 6.07) is 1.48. The van der Waals surface area contributed by atoms with E-state index in [9.17, 15) is 4.79 Å². The van der Waals surface area contributed by atoms with Crippen LogP contribution in [0.2, 0.25) is 0 Å². The van der Waals surface area contributed by atoms with Crippen LogP contribution in [0.1, 0.15) is 30.8 Å². The summed E-state index contributed by atoms with van der Waals surface area (Å²) in [6.45, 7) is 1.78. The van der Waals surface area contributed by atoms with Gasteiger partial charge in [0, 0.05) is 23.7 Å². The van der Waals surface area contributed by atoms with Crippen LogP contribution in [0.3, 0.4) is 0 Å². The second kappa shape index (κ2) is 3.40. The van der Waals surface area contributed by atoms with Crippen LogP contribution in [0.25, 0.3) is 5.78 Å². The lowest BCUT2D eigenvalue weighted by atomic mass is 9.75. The molecule has 1 saturated carbocycles. The number of nitrogens with two attached hydrogens (primary N) is 1. The first kappa shape index (κ1) is 10.5. The van der Waals surface area contributed by atoms with E-state index in [4.69, 9.17) is 5.73 Å². The Morgan fingerprint density at radius 3 is 2.94 bits per heavy atom. The summed E-state index contributed by atoms with van der Waals surface area (Å²) in [4.78, 5) is 20.2. The van der Waals surface area contributed by atoms with E-state index in [1.54, 1.807) is 6.92 Å². The van der Waals surface area contributed by atoms with E-state index in [2.05, 4.69) is 15.1 Å². The molecule has 1 fully saturated rings. The fourth-order valence-electron chi connectivity index (χ4n) is 2.26. The molecule has 0 aromatic carbocycles. The number of aromatic nitrogens is 4. The van der Waals surface area contributed by atoms with Gasteiger partial charge in [0.2, 0.25) is 0 Å². The van der Waals surface area contributed by atoms with Crippen LogP contribution >= 0.6 is 0 Å². The zero-order valence-corrected chi connectivity index (χ0v) is 9.73. The monoisotopic (exact) mass is 233 g/mol. The highest BCUT2D eigenvalue weighted by Gasteiger charge is 2.33. The fraction of sp³-hybridized carbons (Fsp3) is 0.545. The lowest BCUT2D eigenvalue weighted by molar-refractivity contribution is 0.243. The summed E-state index contributed by atoms with van der Waals surface area (Å²) in [6.07, 6.45) is 3.89. The predicted octanol–water partition coefficient (Wildman–Crippen LogP) is 0.150. The van der Waals surface area contributed by atoms with Crippen molar-refractivity contribution in [3.63, 3.8) is 0 Å². The number of aryl methyl sites for hydroxylation is 1.